The summed E-state index contributed by atoms with van der Waals surface area (Å²) in [6, 6.07) is 13.9. The molecule has 4 heteroatoms. The zero-order valence-corrected chi connectivity index (χ0v) is 13.9. The van der Waals surface area contributed by atoms with Crippen molar-refractivity contribution in [2.24, 2.45) is 0 Å². The Labute approximate surface area is 134 Å². The number of halogens is 1. The summed E-state index contributed by atoms with van der Waals surface area (Å²) >= 11 is 3.52. The highest BCUT2D eigenvalue weighted by Gasteiger charge is 2.04. The Kier molecular flexibility index (Phi) is 6.08. The van der Waals surface area contributed by atoms with Crippen LogP contribution in [0, 0.1) is 0 Å². The summed E-state index contributed by atoms with van der Waals surface area (Å²) in [5.74, 6) is 1.68. The highest BCUT2D eigenvalue weighted by atomic mass is 79.9. The van der Waals surface area contributed by atoms with Crippen molar-refractivity contribution >= 4 is 15.9 Å². The van der Waals surface area contributed by atoms with Gasteiger partial charge in [-0.2, -0.15) is 0 Å². The van der Waals surface area contributed by atoms with E-state index in [1.165, 1.54) is 5.56 Å². The molecule has 21 heavy (non-hydrogen) atoms. The summed E-state index contributed by atoms with van der Waals surface area (Å²) in [7, 11) is 3.37. The van der Waals surface area contributed by atoms with E-state index < -0.39 is 0 Å². The lowest BCUT2D eigenvalue weighted by molar-refractivity contribution is 0.202. The zero-order valence-electron chi connectivity index (χ0n) is 12.3. The van der Waals surface area contributed by atoms with Crippen molar-refractivity contribution in [2.45, 2.75) is 13.0 Å². The van der Waals surface area contributed by atoms with Crippen LogP contribution in [-0.2, 0) is 17.8 Å². The lowest BCUT2D eigenvalue weighted by Gasteiger charge is -2.10. The van der Waals surface area contributed by atoms with Crippen molar-refractivity contribution in [1.82, 2.24) is 0 Å². The highest BCUT2D eigenvalue weighted by molar-refractivity contribution is 9.10. The molecule has 0 aliphatic carbocycles. The predicted octanol–water partition coefficient (Wildman–Crippen LogP) is 4.23. The van der Waals surface area contributed by atoms with E-state index in [4.69, 9.17) is 14.2 Å². The molecule has 0 aliphatic heterocycles. The summed E-state index contributed by atoms with van der Waals surface area (Å²) in [5, 5.41) is 0. The van der Waals surface area contributed by atoms with Crippen LogP contribution >= 0.6 is 15.9 Å². The number of ether oxygens (including phenoxy) is 3. The number of benzene rings is 2. The van der Waals surface area contributed by atoms with E-state index in [1.54, 1.807) is 14.2 Å². The number of hydrogen-bond donors (Lipinski definition) is 0. The molecule has 0 N–H and O–H groups in total. The van der Waals surface area contributed by atoms with Gasteiger partial charge < -0.3 is 14.2 Å². The fourth-order valence-corrected chi connectivity index (χ4v) is 2.28. The molecule has 0 heterocycles. The van der Waals surface area contributed by atoms with Crippen molar-refractivity contribution in [3.8, 4) is 11.5 Å². The molecule has 0 amide bonds. The molecule has 0 radical (unpaired) electrons. The molecule has 2 rings (SSSR count). The second kappa shape index (κ2) is 8.05. The van der Waals surface area contributed by atoms with E-state index in [0.717, 1.165) is 34.6 Å². The van der Waals surface area contributed by atoms with Gasteiger partial charge in [0.2, 0.25) is 0 Å². The molecule has 2 aromatic carbocycles. The van der Waals surface area contributed by atoms with E-state index in [-0.39, 0.29) is 0 Å². The van der Waals surface area contributed by atoms with Crippen molar-refractivity contribution in [2.75, 3.05) is 20.8 Å². The summed E-state index contributed by atoms with van der Waals surface area (Å²) in [6.45, 7) is 1.23. The molecular weight excluding hydrogens is 332 g/mol. The van der Waals surface area contributed by atoms with Gasteiger partial charge in [-0.15, -0.1) is 0 Å². The van der Waals surface area contributed by atoms with Gasteiger partial charge in [0.25, 0.3) is 0 Å². The van der Waals surface area contributed by atoms with Crippen LogP contribution in [-0.4, -0.2) is 20.8 Å². The number of hydrogen-bond acceptors (Lipinski definition) is 3. The van der Waals surface area contributed by atoms with Gasteiger partial charge in [-0.3, -0.25) is 0 Å². The van der Waals surface area contributed by atoms with Gasteiger partial charge in [-0.1, -0.05) is 28.1 Å². The second-order valence-electron chi connectivity index (χ2n) is 4.63. The third-order valence-corrected chi connectivity index (χ3v) is 3.94. The SMILES string of the molecule is COCCc1ccc(OCc2cc(OC)ccc2Br)cc1. The first-order valence-corrected chi connectivity index (χ1v) is 7.55. The number of rotatable bonds is 7. The molecule has 0 spiro atoms. The minimum atomic E-state index is 0.495. The van der Waals surface area contributed by atoms with Crippen molar-refractivity contribution in [3.05, 3.63) is 58.1 Å². The maximum atomic E-state index is 5.82. The Hall–Kier alpha value is -1.52. The van der Waals surface area contributed by atoms with E-state index in [2.05, 4.69) is 28.1 Å². The van der Waals surface area contributed by atoms with Gasteiger partial charge in [0, 0.05) is 17.1 Å². The van der Waals surface area contributed by atoms with E-state index in [0.29, 0.717) is 6.61 Å². The van der Waals surface area contributed by atoms with Gasteiger partial charge in [0.15, 0.2) is 0 Å². The van der Waals surface area contributed by atoms with Crippen LogP contribution in [0.5, 0.6) is 11.5 Å². The zero-order chi connectivity index (χ0) is 15.1. The van der Waals surface area contributed by atoms with Gasteiger partial charge in [0.05, 0.1) is 13.7 Å². The van der Waals surface area contributed by atoms with Crippen LogP contribution in [0.2, 0.25) is 0 Å². The summed E-state index contributed by atoms with van der Waals surface area (Å²) in [6.07, 6.45) is 0.915. The van der Waals surface area contributed by atoms with Gasteiger partial charge in [-0.25, -0.2) is 0 Å². The quantitative estimate of drug-likeness (QED) is 0.747. The summed E-state index contributed by atoms with van der Waals surface area (Å²) < 4.78 is 17.1. The molecule has 2 aromatic rings. The Morgan fingerprint density at radius 3 is 2.33 bits per heavy atom. The smallest absolute Gasteiger partial charge is 0.119 e. The minimum absolute atomic E-state index is 0.495. The maximum absolute atomic E-state index is 5.82. The lowest BCUT2D eigenvalue weighted by atomic mass is 10.1. The topological polar surface area (TPSA) is 27.7 Å². The van der Waals surface area contributed by atoms with Gasteiger partial charge >= 0.3 is 0 Å². The van der Waals surface area contributed by atoms with Crippen LogP contribution in [0.25, 0.3) is 0 Å². The molecule has 3 nitrogen and oxygen atoms in total. The van der Waals surface area contributed by atoms with E-state index >= 15 is 0 Å². The van der Waals surface area contributed by atoms with Crippen molar-refractivity contribution < 1.29 is 14.2 Å². The molecule has 0 atom stereocenters. The average molecular weight is 351 g/mol. The van der Waals surface area contributed by atoms with Crippen LogP contribution in [0.3, 0.4) is 0 Å². The highest BCUT2D eigenvalue weighted by Crippen LogP contribution is 2.24. The van der Waals surface area contributed by atoms with E-state index in [9.17, 15) is 0 Å². The van der Waals surface area contributed by atoms with Crippen LogP contribution in [0.15, 0.2) is 46.9 Å². The first-order valence-electron chi connectivity index (χ1n) is 6.76. The first kappa shape index (κ1) is 15.9. The first-order chi connectivity index (χ1) is 10.2. The average Bonchev–Trinajstić information content (AvgIpc) is 2.53. The molecule has 0 aliphatic rings. The molecule has 0 aromatic heterocycles. The van der Waals surface area contributed by atoms with Gasteiger partial charge in [0.1, 0.15) is 18.1 Å². The molecule has 0 saturated heterocycles. The predicted molar refractivity (Wildman–Crippen MR) is 87.0 cm³/mol. The summed E-state index contributed by atoms with van der Waals surface area (Å²) in [5.41, 5.74) is 2.30. The van der Waals surface area contributed by atoms with Gasteiger partial charge in [-0.05, 0) is 42.3 Å². The molecule has 112 valence electrons. The van der Waals surface area contributed by atoms with Crippen molar-refractivity contribution in [3.63, 3.8) is 0 Å². The Morgan fingerprint density at radius 1 is 0.952 bits per heavy atom. The van der Waals surface area contributed by atoms with E-state index in [1.807, 2.05) is 30.3 Å². The molecule has 0 bridgehead atoms. The maximum Gasteiger partial charge on any atom is 0.119 e. The molecule has 0 fully saturated rings. The third-order valence-electron chi connectivity index (χ3n) is 3.17. The van der Waals surface area contributed by atoms with Crippen LogP contribution in [0.1, 0.15) is 11.1 Å². The minimum Gasteiger partial charge on any atom is -0.497 e. The Balaban J connectivity index is 1.96. The second-order valence-corrected chi connectivity index (χ2v) is 5.49. The molecule has 0 saturated carbocycles. The Bertz CT molecular complexity index is 567. The lowest BCUT2D eigenvalue weighted by Crippen LogP contribution is -1.98. The largest absolute Gasteiger partial charge is 0.497 e. The number of methoxy groups -OCH3 is 2. The monoisotopic (exact) mass is 350 g/mol. The Morgan fingerprint density at radius 2 is 1.67 bits per heavy atom. The molecular formula is C17H19BrO3. The fourth-order valence-electron chi connectivity index (χ4n) is 1.92. The fraction of sp³-hybridized carbons (Fsp3) is 0.294. The standard InChI is InChI=1S/C17H19BrO3/c1-19-10-9-13-3-5-15(6-4-13)21-12-14-11-16(20-2)7-8-17(14)18/h3-8,11H,9-10,12H2,1-2H3. The van der Waals surface area contributed by atoms with Crippen LogP contribution < -0.4 is 9.47 Å². The van der Waals surface area contributed by atoms with Crippen LogP contribution in [0.4, 0.5) is 0 Å². The third kappa shape index (κ3) is 4.76. The summed E-state index contributed by atoms with van der Waals surface area (Å²) in [4.78, 5) is 0. The van der Waals surface area contributed by atoms with Crippen molar-refractivity contribution in [1.29, 1.82) is 0 Å². The molecule has 0 unspecified atom stereocenters. The normalized spacial score (nSPS) is 10.4.